The number of hydrogen-bond acceptors (Lipinski definition) is 8. The Morgan fingerprint density at radius 2 is 1.69 bits per heavy atom. The van der Waals surface area contributed by atoms with Crippen molar-refractivity contribution in [2.75, 3.05) is 32.5 Å². The van der Waals surface area contributed by atoms with Crippen LogP contribution in [-0.2, 0) is 13.8 Å². The Morgan fingerprint density at radius 1 is 1.06 bits per heavy atom. The number of carbonyl (C=O) groups excluding carboxylic acids is 2. The van der Waals surface area contributed by atoms with Crippen molar-refractivity contribution in [3.8, 4) is 5.75 Å². The average molecular weight is 461 g/mol. The quantitative estimate of drug-likeness (QED) is 0.0990. The molecular formula is C21H24N3O7P. The molecule has 1 unspecified atom stereocenters. The number of amidine groups is 1. The van der Waals surface area contributed by atoms with Gasteiger partial charge in [-0.15, -0.1) is 0 Å². The predicted molar refractivity (Wildman–Crippen MR) is 116 cm³/mol. The number of ether oxygens (including phenoxy) is 1. The van der Waals surface area contributed by atoms with E-state index in [4.69, 9.17) is 24.7 Å². The minimum atomic E-state index is -3.51. The summed E-state index contributed by atoms with van der Waals surface area (Å²) in [6, 6.07) is 12.8. The van der Waals surface area contributed by atoms with Crippen LogP contribution in [0.1, 0.15) is 33.2 Å². The van der Waals surface area contributed by atoms with Gasteiger partial charge in [0, 0.05) is 5.56 Å². The van der Waals surface area contributed by atoms with E-state index in [2.05, 4.69) is 5.16 Å². The molecule has 0 fully saturated rings. The maximum Gasteiger partial charge on any atom is 0.381 e. The van der Waals surface area contributed by atoms with Gasteiger partial charge in [0.25, 0.3) is 11.8 Å². The molecule has 10 nitrogen and oxygen atoms in total. The van der Waals surface area contributed by atoms with E-state index in [1.54, 1.807) is 43.3 Å². The number of hydrogen-bond donors (Lipinski definition) is 2. The van der Waals surface area contributed by atoms with Gasteiger partial charge in [0.15, 0.2) is 5.84 Å². The largest absolute Gasteiger partial charge is 0.424 e. The van der Waals surface area contributed by atoms with Gasteiger partial charge in [-0.1, -0.05) is 17.3 Å². The number of amides is 2. The second-order valence-electron chi connectivity index (χ2n) is 6.77. The van der Waals surface area contributed by atoms with E-state index in [0.29, 0.717) is 22.4 Å². The maximum atomic E-state index is 13.0. The number of carbonyl (C=O) groups is 2. The molecular weight excluding hydrogens is 437 g/mol. The number of fused-ring (bicyclic) bond motifs is 1. The molecule has 0 spiro atoms. The summed E-state index contributed by atoms with van der Waals surface area (Å²) >= 11 is 0. The Labute approximate surface area is 185 Å². The third-order valence-corrected chi connectivity index (χ3v) is 6.55. The molecule has 32 heavy (non-hydrogen) atoms. The van der Waals surface area contributed by atoms with Crippen molar-refractivity contribution >= 4 is 25.2 Å². The summed E-state index contributed by atoms with van der Waals surface area (Å²) in [5.74, 6) is -0.473. The van der Waals surface area contributed by atoms with Gasteiger partial charge in [-0.05, 0) is 43.3 Å². The first-order valence-corrected chi connectivity index (χ1v) is 11.7. The molecule has 1 aliphatic heterocycles. The zero-order valence-electron chi connectivity index (χ0n) is 17.5. The summed E-state index contributed by atoms with van der Waals surface area (Å²) in [4.78, 5) is 25.8. The normalized spacial score (nSPS) is 15.5. The van der Waals surface area contributed by atoms with E-state index in [0.717, 1.165) is 4.90 Å². The molecule has 0 radical (unpaired) electrons. The van der Waals surface area contributed by atoms with Crippen molar-refractivity contribution in [3.05, 3.63) is 65.2 Å². The third kappa shape index (κ3) is 5.34. The van der Waals surface area contributed by atoms with Crippen molar-refractivity contribution in [1.82, 2.24) is 4.90 Å². The summed E-state index contributed by atoms with van der Waals surface area (Å²) in [6.07, 6.45) is -0.0229. The van der Waals surface area contributed by atoms with Crippen LogP contribution in [-0.4, -0.2) is 60.3 Å². The van der Waals surface area contributed by atoms with Crippen LogP contribution in [0, 0.1) is 0 Å². The maximum absolute atomic E-state index is 13.0. The Bertz CT molecular complexity index is 1020. The SMILES string of the molecule is CCOP(=O)(CCOCCN1C(=O)c2ccccc2C1=O)Oc1ccc(/C(N)=N/O)cc1. The number of oxime groups is 1. The van der Waals surface area contributed by atoms with Gasteiger partial charge in [-0.2, -0.15) is 0 Å². The summed E-state index contributed by atoms with van der Waals surface area (Å²) in [5.41, 5.74) is 6.75. The molecule has 3 N–H and O–H groups in total. The van der Waals surface area contributed by atoms with Crippen LogP contribution in [0.2, 0.25) is 0 Å². The number of imide groups is 1. The second-order valence-corrected chi connectivity index (χ2v) is 8.88. The van der Waals surface area contributed by atoms with Crippen LogP contribution >= 0.6 is 7.60 Å². The monoisotopic (exact) mass is 461 g/mol. The molecule has 170 valence electrons. The highest BCUT2D eigenvalue weighted by Gasteiger charge is 2.34. The van der Waals surface area contributed by atoms with Crippen molar-refractivity contribution in [1.29, 1.82) is 0 Å². The van der Waals surface area contributed by atoms with Crippen molar-refractivity contribution in [2.45, 2.75) is 6.92 Å². The first-order chi connectivity index (χ1) is 15.4. The number of rotatable bonds is 11. The number of benzene rings is 2. The summed E-state index contributed by atoms with van der Waals surface area (Å²) < 4.78 is 29.4. The molecule has 0 saturated carbocycles. The number of nitrogens with two attached hydrogens (primary N) is 1. The van der Waals surface area contributed by atoms with Gasteiger partial charge in [0.1, 0.15) is 5.75 Å². The van der Waals surface area contributed by atoms with Gasteiger partial charge in [0.2, 0.25) is 0 Å². The highest BCUT2D eigenvalue weighted by molar-refractivity contribution is 7.54. The van der Waals surface area contributed by atoms with E-state index in [1.807, 2.05) is 0 Å². The van der Waals surface area contributed by atoms with Crippen molar-refractivity contribution < 1.29 is 33.1 Å². The minimum absolute atomic E-state index is 0.0229. The molecule has 0 saturated heterocycles. The van der Waals surface area contributed by atoms with Crippen LogP contribution < -0.4 is 10.3 Å². The lowest BCUT2D eigenvalue weighted by Gasteiger charge is -2.19. The van der Waals surface area contributed by atoms with Gasteiger partial charge in [-0.25, -0.2) is 4.57 Å². The van der Waals surface area contributed by atoms with E-state index in [-0.39, 0.29) is 50.2 Å². The van der Waals surface area contributed by atoms with Crippen molar-refractivity contribution in [3.63, 3.8) is 0 Å². The highest BCUT2D eigenvalue weighted by Crippen LogP contribution is 2.47. The standard InChI is InChI=1S/C21H24N3O7P/c1-2-30-32(28,31-16-9-7-15(8-10-16)19(22)23-27)14-13-29-12-11-24-20(25)17-5-3-4-6-18(17)21(24)26/h3-10,27H,2,11-14H2,1H3,(H2,22,23). The number of nitrogens with zero attached hydrogens (tertiary/aromatic N) is 2. The van der Waals surface area contributed by atoms with Crippen LogP contribution in [0.5, 0.6) is 5.75 Å². The molecule has 0 aliphatic carbocycles. The molecule has 2 amide bonds. The fourth-order valence-corrected chi connectivity index (χ4v) is 4.58. The lowest BCUT2D eigenvalue weighted by atomic mass is 10.1. The Kier molecular flexibility index (Phi) is 7.63. The summed E-state index contributed by atoms with van der Waals surface area (Å²) in [7, 11) is -3.51. The molecule has 1 heterocycles. The fourth-order valence-electron chi connectivity index (χ4n) is 3.11. The van der Waals surface area contributed by atoms with E-state index >= 15 is 0 Å². The lowest BCUT2D eigenvalue weighted by Crippen LogP contribution is -2.33. The Balaban J connectivity index is 1.50. The second kappa shape index (κ2) is 10.4. The zero-order chi connectivity index (χ0) is 23.1. The van der Waals surface area contributed by atoms with Gasteiger partial charge in [0.05, 0.1) is 43.7 Å². The molecule has 0 bridgehead atoms. The van der Waals surface area contributed by atoms with Gasteiger partial charge < -0.3 is 24.7 Å². The summed E-state index contributed by atoms with van der Waals surface area (Å²) in [6.45, 7) is 2.09. The fraction of sp³-hybridized carbons (Fsp3) is 0.286. The molecule has 0 aromatic heterocycles. The van der Waals surface area contributed by atoms with E-state index in [1.165, 1.54) is 12.1 Å². The smallest absolute Gasteiger partial charge is 0.381 e. The van der Waals surface area contributed by atoms with Crippen LogP contribution in [0.4, 0.5) is 0 Å². The zero-order valence-corrected chi connectivity index (χ0v) is 18.4. The van der Waals surface area contributed by atoms with Gasteiger partial charge in [-0.3, -0.25) is 14.5 Å². The van der Waals surface area contributed by atoms with Crippen molar-refractivity contribution in [2.24, 2.45) is 10.9 Å². The Hall–Kier alpha value is -3.20. The molecule has 1 aliphatic rings. The van der Waals surface area contributed by atoms with E-state index in [9.17, 15) is 14.2 Å². The predicted octanol–water partition coefficient (Wildman–Crippen LogP) is 2.70. The molecule has 1 atom stereocenters. The topological polar surface area (TPSA) is 141 Å². The Morgan fingerprint density at radius 3 is 2.25 bits per heavy atom. The third-order valence-electron chi connectivity index (χ3n) is 4.68. The molecule has 11 heteroatoms. The van der Waals surface area contributed by atoms with E-state index < -0.39 is 7.60 Å². The van der Waals surface area contributed by atoms with Crippen LogP contribution in [0.25, 0.3) is 0 Å². The molecule has 3 rings (SSSR count). The molecule has 2 aromatic carbocycles. The summed E-state index contributed by atoms with van der Waals surface area (Å²) in [5, 5.41) is 11.6. The van der Waals surface area contributed by atoms with Crippen LogP contribution in [0.3, 0.4) is 0 Å². The van der Waals surface area contributed by atoms with Gasteiger partial charge >= 0.3 is 7.60 Å². The average Bonchev–Trinajstić information content (AvgIpc) is 3.04. The minimum Gasteiger partial charge on any atom is -0.424 e. The highest BCUT2D eigenvalue weighted by atomic mass is 31.2. The first kappa shape index (κ1) is 23.5. The van der Waals surface area contributed by atoms with Crippen LogP contribution in [0.15, 0.2) is 53.7 Å². The lowest BCUT2D eigenvalue weighted by molar-refractivity contribution is 0.0572. The molecule has 2 aromatic rings. The first-order valence-electron chi connectivity index (χ1n) is 9.92.